The zero-order valence-electron chi connectivity index (χ0n) is 24.2. The molecule has 0 saturated carbocycles. The van der Waals surface area contributed by atoms with Gasteiger partial charge in [0.1, 0.15) is 17.3 Å². The molecule has 42 heavy (non-hydrogen) atoms. The van der Waals surface area contributed by atoms with Crippen LogP contribution < -0.4 is 14.5 Å². The molecule has 0 N–H and O–H groups in total. The summed E-state index contributed by atoms with van der Waals surface area (Å²) in [6.07, 6.45) is 1.89. The van der Waals surface area contributed by atoms with Crippen molar-refractivity contribution in [3.8, 4) is 23.4 Å². The lowest BCUT2D eigenvalue weighted by molar-refractivity contribution is 0.483. The fraction of sp³-hybridized carbons (Fsp3) is 0.167. The van der Waals surface area contributed by atoms with Crippen LogP contribution in [0.2, 0.25) is 0 Å². The minimum absolute atomic E-state index is 0.00114. The highest BCUT2D eigenvalue weighted by Gasteiger charge is 2.25. The van der Waals surface area contributed by atoms with E-state index in [4.69, 9.17) is 9.72 Å². The molecular formula is C36H31N5O. The average Bonchev–Trinajstić information content (AvgIpc) is 3.51. The maximum absolute atomic E-state index is 9.86. The van der Waals surface area contributed by atoms with Crippen molar-refractivity contribution in [2.75, 3.05) is 23.5 Å². The standard InChI is InChI=1S/C36H31N5O/c1-36(2,3)25-15-16-38-35(19-25)41-31-10-6-5-9-29(31)30-14-13-27(21-34(30)41)42-28-18-24(22-37)17-26(20-28)40-23-39(4)32-11-7-8-12-33(32)40/h5-21H,23H2,1-4H3. The van der Waals surface area contributed by atoms with Gasteiger partial charge in [-0.1, -0.05) is 51.1 Å². The fourth-order valence-electron chi connectivity index (χ4n) is 5.87. The molecule has 206 valence electrons. The normalized spacial score (nSPS) is 13.0. The summed E-state index contributed by atoms with van der Waals surface area (Å²) in [5, 5.41) is 12.2. The van der Waals surface area contributed by atoms with E-state index in [1.165, 1.54) is 5.56 Å². The first-order valence-corrected chi connectivity index (χ1v) is 14.1. The van der Waals surface area contributed by atoms with Gasteiger partial charge in [0.2, 0.25) is 0 Å². The predicted molar refractivity (Wildman–Crippen MR) is 170 cm³/mol. The van der Waals surface area contributed by atoms with E-state index < -0.39 is 0 Å². The Bertz CT molecular complexity index is 2030. The molecule has 0 saturated heterocycles. The number of pyridine rings is 1. The number of benzene rings is 4. The van der Waals surface area contributed by atoms with Crippen molar-refractivity contribution < 1.29 is 4.74 Å². The highest BCUT2D eigenvalue weighted by molar-refractivity contribution is 6.09. The predicted octanol–water partition coefficient (Wildman–Crippen LogP) is 8.69. The summed E-state index contributed by atoms with van der Waals surface area (Å²) < 4.78 is 8.69. The number of hydrogen-bond donors (Lipinski definition) is 0. The van der Waals surface area contributed by atoms with E-state index in [1.807, 2.05) is 36.5 Å². The Balaban J connectivity index is 1.33. The minimum atomic E-state index is -0.00114. The van der Waals surface area contributed by atoms with Gasteiger partial charge in [0.25, 0.3) is 0 Å². The van der Waals surface area contributed by atoms with Crippen LogP contribution in [-0.4, -0.2) is 23.3 Å². The molecule has 0 amide bonds. The maximum Gasteiger partial charge on any atom is 0.137 e. The maximum atomic E-state index is 9.86. The Morgan fingerprint density at radius 3 is 2.36 bits per heavy atom. The SMILES string of the molecule is CN1CN(c2cc(C#N)cc(Oc3ccc4c5ccccc5n(-c5cc(C(C)(C)C)ccn5)c4c3)c2)c2ccccc21. The van der Waals surface area contributed by atoms with Crippen molar-refractivity contribution in [1.29, 1.82) is 5.26 Å². The molecule has 0 radical (unpaired) electrons. The molecule has 4 aromatic carbocycles. The first kappa shape index (κ1) is 25.7. The van der Waals surface area contributed by atoms with Gasteiger partial charge in [-0.2, -0.15) is 5.26 Å². The molecular weight excluding hydrogens is 518 g/mol. The largest absolute Gasteiger partial charge is 0.457 e. The number of rotatable bonds is 4. The van der Waals surface area contributed by atoms with Crippen molar-refractivity contribution in [2.24, 2.45) is 0 Å². The Labute approximate surface area is 245 Å². The van der Waals surface area contributed by atoms with Crippen LogP contribution in [0.4, 0.5) is 17.1 Å². The van der Waals surface area contributed by atoms with Gasteiger partial charge in [-0.05, 0) is 65.6 Å². The third-order valence-corrected chi connectivity index (χ3v) is 7.99. The third kappa shape index (κ3) is 4.31. The monoisotopic (exact) mass is 549 g/mol. The quantitative estimate of drug-likeness (QED) is 0.220. The first-order valence-electron chi connectivity index (χ1n) is 14.1. The van der Waals surface area contributed by atoms with Gasteiger partial charge in [0.05, 0.1) is 40.7 Å². The minimum Gasteiger partial charge on any atom is -0.457 e. The van der Waals surface area contributed by atoms with E-state index in [0.717, 1.165) is 44.7 Å². The number of hydrogen-bond acceptors (Lipinski definition) is 5. The zero-order chi connectivity index (χ0) is 29.0. The molecule has 2 aromatic heterocycles. The van der Waals surface area contributed by atoms with Crippen LogP contribution in [0.5, 0.6) is 11.5 Å². The molecule has 6 aromatic rings. The van der Waals surface area contributed by atoms with Crippen molar-refractivity contribution in [3.63, 3.8) is 0 Å². The molecule has 0 atom stereocenters. The van der Waals surface area contributed by atoms with Gasteiger partial charge in [-0.15, -0.1) is 0 Å². The third-order valence-electron chi connectivity index (χ3n) is 7.99. The summed E-state index contributed by atoms with van der Waals surface area (Å²) in [6, 6.07) is 35.2. The van der Waals surface area contributed by atoms with E-state index in [1.54, 1.807) is 6.07 Å². The Hall–Kier alpha value is -5.28. The number of anilines is 3. The lowest BCUT2D eigenvalue weighted by atomic mass is 9.88. The highest BCUT2D eigenvalue weighted by atomic mass is 16.5. The van der Waals surface area contributed by atoms with Crippen molar-refractivity contribution in [1.82, 2.24) is 9.55 Å². The molecule has 0 spiro atoms. The van der Waals surface area contributed by atoms with Crippen LogP contribution in [-0.2, 0) is 5.41 Å². The smallest absolute Gasteiger partial charge is 0.137 e. The average molecular weight is 550 g/mol. The summed E-state index contributed by atoms with van der Waals surface area (Å²) in [5.41, 5.74) is 7.06. The van der Waals surface area contributed by atoms with Crippen molar-refractivity contribution in [2.45, 2.75) is 26.2 Å². The Kier molecular flexibility index (Phi) is 5.91. The highest BCUT2D eigenvalue weighted by Crippen LogP contribution is 2.42. The van der Waals surface area contributed by atoms with Gasteiger partial charge in [-0.25, -0.2) is 4.98 Å². The molecule has 0 unspecified atom stereocenters. The lowest BCUT2D eigenvalue weighted by Crippen LogP contribution is -2.24. The number of nitriles is 1. The van der Waals surface area contributed by atoms with Crippen LogP contribution in [0.3, 0.4) is 0 Å². The van der Waals surface area contributed by atoms with E-state index >= 15 is 0 Å². The molecule has 0 aliphatic carbocycles. The number of ether oxygens (including phenoxy) is 1. The van der Waals surface area contributed by atoms with Crippen LogP contribution in [0.15, 0.2) is 103 Å². The van der Waals surface area contributed by atoms with Crippen LogP contribution >= 0.6 is 0 Å². The molecule has 6 nitrogen and oxygen atoms in total. The second-order valence-corrected chi connectivity index (χ2v) is 11.9. The van der Waals surface area contributed by atoms with Gasteiger partial charge >= 0.3 is 0 Å². The van der Waals surface area contributed by atoms with Gasteiger partial charge in [0.15, 0.2) is 0 Å². The van der Waals surface area contributed by atoms with E-state index in [9.17, 15) is 5.26 Å². The second-order valence-electron chi connectivity index (χ2n) is 11.9. The topological polar surface area (TPSA) is 57.3 Å². The molecule has 3 heterocycles. The number of nitrogens with zero attached hydrogens (tertiary/aromatic N) is 5. The zero-order valence-corrected chi connectivity index (χ0v) is 24.2. The Morgan fingerprint density at radius 1 is 0.786 bits per heavy atom. The summed E-state index contributed by atoms with van der Waals surface area (Å²) in [5.74, 6) is 2.18. The molecule has 0 fully saturated rings. The Morgan fingerprint density at radius 2 is 1.55 bits per heavy atom. The van der Waals surface area contributed by atoms with Gasteiger partial charge in [0, 0.05) is 41.8 Å². The van der Waals surface area contributed by atoms with Crippen LogP contribution in [0, 0.1) is 11.3 Å². The van der Waals surface area contributed by atoms with Crippen LogP contribution in [0.25, 0.3) is 27.6 Å². The lowest BCUT2D eigenvalue weighted by Gasteiger charge is -2.21. The number of fused-ring (bicyclic) bond motifs is 4. The van der Waals surface area contributed by atoms with E-state index in [0.29, 0.717) is 23.7 Å². The van der Waals surface area contributed by atoms with E-state index in [2.05, 4.69) is 109 Å². The molecule has 1 aliphatic rings. The van der Waals surface area contributed by atoms with Crippen molar-refractivity contribution in [3.05, 3.63) is 114 Å². The summed E-state index contributed by atoms with van der Waals surface area (Å²) in [7, 11) is 2.07. The summed E-state index contributed by atoms with van der Waals surface area (Å²) in [4.78, 5) is 9.19. The molecule has 0 bridgehead atoms. The number of aromatic nitrogens is 2. The van der Waals surface area contributed by atoms with E-state index in [-0.39, 0.29) is 5.41 Å². The second kappa shape index (κ2) is 9.67. The molecule has 1 aliphatic heterocycles. The van der Waals surface area contributed by atoms with Gasteiger partial charge in [-0.3, -0.25) is 4.57 Å². The number of para-hydroxylation sites is 3. The summed E-state index contributed by atoms with van der Waals surface area (Å²) >= 11 is 0. The van der Waals surface area contributed by atoms with Crippen molar-refractivity contribution >= 4 is 38.9 Å². The van der Waals surface area contributed by atoms with Crippen LogP contribution in [0.1, 0.15) is 31.9 Å². The molecule has 7 rings (SSSR count). The first-order chi connectivity index (χ1) is 20.3. The fourth-order valence-corrected chi connectivity index (χ4v) is 5.87. The summed E-state index contributed by atoms with van der Waals surface area (Å²) in [6.45, 7) is 7.34. The van der Waals surface area contributed by atoms with Gasteiger partial charge < -0.3 is 14.5 Å². The molecule has 6 heteroatoms.